The molecule has 0 aliphatic heterocycles. The predicted molar refractivity (Wildman–Crippen MR) is 94.7 cm³/mol. The van der Waals surface area contributed by atoms with E-state index in [0.717, 1.165) is 5.56 Å². The molecule has 3 rings (SSSR count). The quantitative estimate of drug-likeness (QED) is 0.427. The summed E-state index contributed by atoms with van der Waals surface area (Å²) in [6.45, 7) is 0. The smallest absolute Gasteiger partial charge is 0.337 e. The number of carboxylic acid groups (broad SMARTS) is 1. The maximum Gasteiger partial charge on any atom is 0.337 e. The van der Waals surface area contributed by atoms with Crippen molar-refractivity contribution < 1.29 is 14.6 Å². The van der Waals surface area contributed by atoms with E-state index in [1.807, 2.05) is 30.5 Å². The van der Waals surface area contributed by atoms with Crippen molar-refractivity contribution in [1.29, 1.82) is 0 Å². The number of aromatic carboxylic acids is 1. The Balaban J connectivity index is 2.39. The molecule has 0 atom stereocenters. The number of anilines is 1. The molecule has 0 bridgehead atoms. The zero-order valence-corrected chi connectivity index (χ0v) is 13.9. The van der Waals surface area contributed by atoms with Crippen LogP contribution in [0, 0.1) is 0 Å². The van der Waals surface area contributed by atoms with Crippen molar-refractivity contribution in [1.82, 2.24) is 9.97 Å². The van der Waals surface area contributed by atoms with Crippen LogP contribution in [-0.4, -0.2) is 34.4 Å². The normalized spacial score (nSPS) is 10.8. The first-order valence-corrected chi connectivity index (χ1v) is 8.29. The lowest BCUT2D eigenvalue weighted by molar-refractivity contribution is 0.0698. The van der Waals surface area contributed by atoms with Crippen LogP contribution < -0.4 is 10.5 Å². The van der Waals surface area contributed by atoms with Crippen LogP contribution in [0.2, 0.25) is 0 Å². The van der Waals surface area contributed by atoms with Gasteiger partial charge in [0.2, 0.25) is 0 Å². The number of ether oxygens (including phenoxy) is 1. The van der Waals surface area contributed by atoms with Crippen LogP contribution in [0.3, 0.4) is 0 Å². The third kappa shape index (κ3) is 2.74. The van der Waals surface area contributed by atoms with Crippen LogP contribution in [-0.2, 0) is 0 Å². The molecule has 3 N–H and O–H groups in total. The molecule has 2 aromatic carbocycles. The largest absolute Gasteiger partial charge is 0.497 e. The molecule has 7 heteroatoms. The number of fused-ring (bicyclic) bond motifs is 1. The number of aromatic nitrogens is 2. The first-order valence-electron chi connectivity index (χ1n) is 7.07. The molecule has 1 heterocycles. The zero-order chi connectivity index (χ0) is 17.3. The SMILES string of the molecule is COc1cccc(-c2nc(SC)nc3ccc(C(=O)O)c(N)c23)c1. The van der Waals surface area contributed by atoms with E-state index in [2.05, 4.69) is 9.97 Å². The minimum Gasteiger partial charge on any atom is -0.497 e. The first-order chi connectivity index (χ1) is 11.5. The van der Waals surface area contributed by atoms with E-state index in [4.69, 9.17) is 10.5 Å². The highest BCUT2D eigenvalue weighted by Crippen LogP contribution is 2.35. The minimum absolute atomic E-state index is 0.0344. The number of benzene rings is 2. The van der Waals surface area contributed by atoms with Crippen molar-refractivity contribution in [3.05, 3.63) is 42.0 Å². The van der Waals surface area contributed by atoms with Crippen molar-refractivity contribution in [3.63, 3.8) is 0 Å². The predicted octanol–water partition coefficient (Wildman–Crippen LogP) is 3.31. The van der Waals surface area contributed by atoms with Crippen LogP contribution in [0.25, 0.3) is 22.2 Å². The number of nitrogens with zero attached hydrogens (tertiary/aromatic N) is 2. The maximum absolute atomic E-state index is 11.4. The summed E-state index contributed by atoms with van der Waals surface area (Å²) in [5, 5.41) is 10.4. The van der Waals surface area contributed by atoms with Crippen molar-refractivity contribution in [2.24, 2.45) is 0 Å². The van der Waals surface area contributed by atoms with Crippen molar-refractivity contribution in [2.45, 2.75) is 5.16 Å². The van der Waals surface area contributed by atoms with Crippen molar-refractivity contribution in [3.8, 4) is 17.0 Å². The summed E-state index contributed by atoms with van der Waals surface area (Å²) < 4.78 is 5.26. The van der Waals surface area contributed by atoms with Gasteiger partial charge in [-0.15, -0.1) is 0 Å². The Morgan fingerprint density at radius 3 is 2.71 bits per heavy atom. The third-order valence-corrected chi connectivity index (χ3v) is 4.19. The van der Waals surface area contributed by atoms with Gasteiger partial charge in [-0.3, -0.25) is 0 Å². The summed E-state index contributed by atoms with van der Waals surface area (Å²) in [4.78, 5) is 20.4. The van der Waals surface area contributed by atoms with Gasteiger partial charge in [-0.1, -0.05) is 23.9 Å². The maximum atomic E-state index is 11.4. The lowest BCUT2D eigenvalue weighted by atomic mass is 10.0. The molecule has 6 nitrogen and oxygen atoms in total. The van der Waals surface area contributed by atoms with Crippen LogP contribution in [0.1, 0.15) is 10.4 Å². The number of carbonyl (C=O) groups is 1. The Kier molecular flexibility index (Phi) is 4.26. The lowest BCUT2D eigenvalue weighted by Crippen LogP contribution is -2.05. The van der Waals surface area contributed by atoms with Gasteiger partial charge in [-0.05, 0) is 30.5 Å². The second-order valence-electron chi connectivity index (χ2n) is 5.02. The highest BCUT2D eigenvalue weighted by molar-refractivity contribution is 7.98. The molecule has 0 spiro atoms. The van der Waals surface area contributed by atoms with Crippen LogP contribution >= 0.6 is 11.8 Å². The van der Waals surface area contributed by atoms with E-state index in [1.54, 1.807) is 13.2 Å². The highest BCUT2D eigenvalue weighted by Gasteiger charge is 2.18. The molecule has 0 saturated heterocycles. The van der Waals surface area contributed by atoms with Gasteiger partial charge in [0, 0.05) is 5.56 Å². The van der Waals surface area contributed by atoms with Gasteiger partial charge in [0.1, 0.15) is 5.75 Å². The number of nitrogen functional groups attached to an aromatic ring is 1. The molecule has 1 aromatic heterocycles. The highest BCUT2D eigenvalue weighted by atomic mass is 32.2. The molecule has 0 fully saturated rings. The molecule has 3 aromatic rings. The standard InChI is InChI=1S/C17H15N3O3S/c1-23-10-5-3-4-9(8-10)15-13-12(19-17(20-15)24-2)7-6-11(14(13)18)16(21)22/h3-8H,18H2,1-2H3,(H,21,22). The lowest BCUT2D eigenvalue weighted by Gasteiger charge is -2.12. The van der Waals surface area contributed by atoms with Gasteiger partial charge in [-0.2, -0.15) is 0 Å². The van der Waals surface area contributed by atoms with Crippen molar-refractivity contribution in [2.75, 3.05) is 19.1 Å². The van der Waals surface area contributed by atoms with E-state index in [-0.39, 0.29) is 11.3 Å². The minimum atomic E-state index is -1.08. The van der Waals surface area contributed by atoms with Crippen molar-refractivity contribution >= 4 is 34.3 Å². The second-order valence-corrected chi connectivity index (χ2v) is 5.79. The Hall–Kier alpha value is -2.80. The Morgan fingerprint density at radius 2 is 2.04 bits per heavy atom. The number of thioether (sulfide) groups is 1. The van der Waals surface area contributed by atoms with Crippen LogP contribution in [0.4, 0.5) is 5.69 Å². The molecule has 0 saturated carbocycles. The van der Waals surface area contributed by atoms with E-state index in [0.29, 0.717) is 27.5 Å². The molecule has 0 radical (unpaired) electrons. The van der Waals surface area contributed by atoms with Gasteiger partial charge in [0.05, 0.1) is 35.0 Å². The third-order valence-electron chi connectivity index (χ3n) is 3.64. The van der Waals surface area contributed by atoms with E-state index in [1.165, 1.54) is 17.8 Å². The molecule has 0 aliphatic carbocycles. The van der Waals surface area contributed by atoms with Crippen LogP contribution in [0.5, 0.6) is 5.75 Å². The number of hydrogen-bond donors (Lipinski definition) is 2. The Morgan fingerprint density at radius 1 is 1.25 bits per heavy atom. The topological polar surface area (TPSA) is 98.3 Å². The van der Waals surface area contributed by atoms with Gasteiger partial charge >= 0.3 is 5.97 Å². The zero-order valence-electron chi connectivity index (χ0n) is 13.1. The van der Waals surface area contributed by atoms with Gasteiger partial charge in [0.15, 0.2) is 5.16 Å². The van der Waals surface area contributed by atoms with Gasteiger partial charge in [0.25, 0.3) is 0 Å². The molecule has 0 aliphatic rings. The van der Waals surface area contributed by atoms with E-state index < -0.39 is 5.97 Å². The second kappa shape index (κ2) is 6.37. The summed E-state index contributed by atoms with van der Waals surface area (Å²) in [6.07, 6.45) is 1.88. The fourth-order valence-electron chi connectivity index (χ4n) is 2.49. The van der Waals surface area contributed by atoms with Crippen LogP contribution in [0.15, 0.2) is 41.6 Å². The number of methoxy groups -OCH3 is 1. The molecule has 0 unspecified atom stereocenters. The molecule has 122 valence electrons. The number of rotatable bonds is 4. The summed E-state index contributed by atoms with van der Waals surface area (Å²) in [6, 6.07) is 10.5. The fraction of sp³-hybridized carbons (Fsp3) is 0.118. The molecular formula is C17H15N3O3S. The average molecular weight is 341 g/mol. The van der Waals surface area contributed by atoms with Gasteiger partial charge in [-0.25, -0.2) is 14.8 Å². The Bertz CT molecular complexity index is 944. The number of hydrogen-bond acceptors (Lipinski definition) is 6. The average Bonchev–Trinajstić information content (AvgIpc) is 2.60. The molecule has 0 amide bonds. The van der Waals surface area contributed by atoms with E-state index >= 15 is 0 Å². The summed E-state index contributed by atoms with van der Waals surface area (Å²) >= 11 is 1.41. The van der Waals surface area contributed by atoms with E-state index in [9.17, 15) is 9.90 Å². The summed E-state index contributed by atoms with van der Waals surface area (Å²) in [5.74, 6) is -0.405. The van der Waals surface area contributed by atoms with Gasteiger partial charge < -0.3 is 15.6 Å². The number of carboxylic acids is 1. The summed E-state index contributed by atoms with van der Waals surface area (Å²) in [5.41, 5.74) is 8.29. The fourth-order valence-corrected chi connectivity index (χ4v) is 2.86. The summed E-state index contributed by atoms with van der Waals surface area (Å²) in [7, 11) is 1.58. The Labute approximate surface area is 142 Å². The monoisotopic (exact) mass is 341 g/mol. The first kappa shape index (κ1) is 16.1. The molecule has 24 heavy (non-hydrogen) atoms. The number of nitrogens with two attached hydrogens (primary N) is 1. The molecular weight excluding hydrogens is 326 g/mol.